The third-order valence-corrected chi connectivity index (χ3v) is 6.08. The van der Waals surface area contributed by atoms with Crippen molar-refractivity contribution >= 4 is 32.9 Å². The van der Waals surface area contributed by atoms with Gasteiger partial charge in [-0.05, 0) is 23.0 Å². The summed E-state index contributed by atoms with van der Waals surface area (Å²) < 4.78 is 1.93. The predicted molar refractivity (Wildman–Crippen MR) is 90.4 cm³/mol. The van der Waals surface area contributed by atoms with E-state index >= 15 is 0 Å². The zero-order valence-corrected chi connectivity index (χ0v) is 15.1. The first-order chi connectivity index (χ1) is 9.33. The van der Waals surface area contributed by atoms with E-state index in [9.17, 15) is 9.59 Å². The Morgan fingerprint density at radius 1 is 1.35 bits per heavy atom. The molecule has 0 aliphatic carbocycles. The van der Waals surface area contributed by atoms with Crippen LogP contribution in [0.15, 0.2) is 0 Å². The molecular formula is C15H29NO2S2. The largest absolute Gasteiger partial charge is 0.302 e. The highest BCUT2D eigenvalue weighted by Crippen LogP contribution is 2.31. The summed E-state index contributed by atoms with van der Waals surface area (Å²) in [7, 11) is -0.391. The van der Waals surface area contributed by atoms with Crippen LogP contribution in [0.25, 0.3) is 0 Å². The summed E-state index contributed by atoms with van der Waals surface area (Å²) in [5.41, 5.74) is 0.240. The van der Waals surface area contributed by atoms with Crippen LogP contribution in [0.5, 0.6) is 0 Å². The number of hydrogen-bond acceptors (Lipinski definition) is 3. The van der Waals surface area contributed by atoms with Crippen molar-refractivity contribution in [3.8, 4) is 0 Å². The molecule has 0 aromatic rings. The summed E-state index contributed by atoms with van der Waals surface area (Å²) >= 11 is 5.24. The number of hydrogen-bond donors (Lipinski definition) is 0. The molecule has 5 heteroatoms. The van der Waals surface area contributed by atoms with Crippen LogP contribution in [-0.2, 0) is 30.4 Å². The standard InChI is InChI=1S/C15H29NO2S2/c1-6-15(4,7-2)10-9-14(18)11-13(12-17)16(8-3)20(5)19/h12-13H,6-11H2,1-5H3. The van der Waals surface area contributed by atoms with Gasteiger partial charge in [-0.3, -0.25) is 4.79 Å². The Hall–Kier alpha value is -0.130. The molecule has 2 atom stereocenters. The lowest BCUT2D eigenvalue weighted by atomic mass is 9.79. The van der Waals surface area contributed by atoms with Crippen molar-refractivity contribution in [3.63, 3.8) is 0 Å². The topological polar surface area (TPSA) is 37.4 Å². The van der Waals surface area contributed by atoms with Gasteiger partial charge < -0.3 is 4.79 Å². The Morgan fingerprint density at radius 2 is 1.90 bits per heavy atom. The number of likely N-dealkylation sites (N-methyl/N-ethyl adjacent to an activating group) is 1. The molecule has 0 spiro atoms. The van der Waals surface area contributed by atoms with Crippen LogP contribution in [0.4, 0.5) is 0 Å². The van der Waals surface area contributed by atoms with Crippen LogP contribution in [-0.4, -0.2) is 35.2 Å². The zero-order valence-electron chi connectivity index (χ0n) is 13.5. The van der Waals surface area contributed by atoms with E-state index in [1.165, 1.54) is 0 Å². The van der Waals surface area contributed by atoms with Crippen LogP contribution < -0.4 is 0 Å². The zero-order chi connectivity index (χ0) is 15.8. The molecule has 0 rings (SSSR count). The van der Waals surface area contributed by atoms with E-state index in [2.05, 4.69) is 20.8 Å². The van der Waals surface area contributed by atoms with E-state index < -0.39 is 9.64 Å². The van der Waals surface area contributed by atoms with Crippen LogP contribution in [0.2, 0.25) is 0 Å². The normalized spacial score (nSPS) is 15.1. The molecule has 0 aromatic carbocycles. The minimum Gasteiger partial charge on any atom is -0.302 e. The van der Waals surface area contributed by atoms with Crippen molar-refractivity contribution in [2.75, 3.05) is 12.8 Å². The highest BCUT2D eigenvalue weighted by molar-refractivity contribution is 8.27. The van der Waals surface area contributed by atoms with Crippen molar-refractivity contribution in [3.05, 3.63) is 0 Å². The second-order valence-electron chi connectivity index (χ2n) is 5.62. The minimum absolute atomic E-state index is 0.175. The molecule has 0 radical (unpaired) electrons. The summed E-state index contributed by atoms with van der Waals surface area (Å²) in [5.74, 6) is 0.175. The lowest BCUT2D eigenvalue weighted by Gasteiger charge is -2.28. The second kappa shape index (κ2) is 9.74. The number of carbonyl (C=O) groups is 2. The predicted octanol–water partition coefficient (Wildman–Crippen LogP) is 3.07. The molecule has 0 heterocycles. The summed E-state index contributed by atoms with van der Waals surface area (Å²) in [6.45, 7) is 9.24. The average molecular weight is 320 g/mol. The Bertz CT molecular complexity index is 341. The van der Waals surface area contributed by atoms with Gasteiger partial charge in [0.05, 0.1) is 6.04 Å². The van der Waals surface area contributed by atoms with E-state index in [-0.39, 0.29) is 17.2 Å². The Labute approximate surface area is 131 Å². The van der Waals surface area contributed by atoms with Gasteiger partial charge in [0.2, 0.25) is 0 Å². The smallest absolute Gasteiger partial charge is 0.138 e. The van der Waals surface area contributed by atoms with Crippen molar-refractivity contribution in [1.29, 1.82) is 0 Å². The molecule has 2 unspecified atom stereocenters. The Balaban J connectivity index is 4.50. The van der Waals surface area contributed by atoms with Crippen molar-refractivity contribution < 1.29 is 9.59 Å². The molecule has 0 bridgehead atoms. The fraction of sp³-hybridized carbons (Fsp3) is 0.867. The molecule has 0 aliphatic rings. The number of rotatable bonds is 11. The van der Waals surface area contributed by atoms with Crippen LogP contribution in [0.1, 0.15) is 59.8 Å². The Kier molecular flexibility index (Phi) is 9.68. The summed E-state index contributed by atoms with van der Waals surface area (Å²) in [6.07, 6.45) is 6.71. The summed E-state index contributed by atoms with van der Waals surface area (Å²) in [6, 6.07) is -0.354. The fourth-order valence-corrected chi connectivity index (χ4v) is 3.72. The third-order valence-electron chi connectivity index (χ3n) is 4.32. The fourth-order valence-electron chi connectivity index (χ4n) is 2.20. The highest BCUT2D eigenvalue weighted by Gasteiger charge is 2.24. The second-order valence-corrected chi connectivity index (χ2v) is 8.38. The number of carbonyl (C=O) groups excluding carboxylic acids is 2. The molecule has 20 heavy (non-hydrogen) atoms. The first-order valence-electron chi connectivity index (χ1n) is 7.40. The van der Waals surface area contributed by atoms with Gasteiger partial charge >= 0.3 is 0 Å². The van der Waals surface area contributed by atoms with Gasteiger partial charge in [0.1, 0.15) is 12.1 Å². The van der Waals surface area contributed by atoms with Gasteiger partial charge in [-0.15, -0.1) is 0 Å². The van der Waals surface area contributed by atoms with Gasteiger partial charge in [0.25, 0.3) is 0 Å². The third kappa shape index (κ3) is 6.55. The van der Waals surface area contributed by atoms with Crippen LogP contribution in [0, 0.1) is 5.41 Å². The number of aldehydes is 1. The summed E-state index contributed by atoms with van der Waals surface area (Å²) in [5, 5.41) is 0. The van der Waals surface area contributed by atoms with E-state index in [0.717, 1.165) is 25.5 Å². The lowest BCUT2D eigenvalue weighted by molar-refractivity contribution is -0.123. The van der Waals surface area contributed by atoms with Gasteiger partial charge in [0.15, 0.2) is 0 Å². The minimum atomic E-state index is -0.391. The van der Waals surface area contributed by atoms with Gasteiger partial charge in [0, 0.05) is 25.6 Å². The van der Waals surface area contributed by atoms with Gasteiger partial charge in [-0.25, -0.2) is 4.31 Å². The molecule has 0 aliphatic heterocycles. The molecule has 0 N–H and O–H groups in total. The first-order valence-corrected chi connectivity index (χ1v) is 9.92. The van der Waals surface area contributed by atoms with E-state index in [4.69, 9.17) is 11.2 Å². The maximum atomic E-state index is 12.1. The number of Topliss-reactive ketones (excluding diaryl/α,β-unsaturated/α-hetero) is 1. The highest BCUT2D eigenvalue weighted by atomic mass is 32.8. The lowest BCUT2D eigenvalue weighted by Crippen LogP contribution is -2.38. The number of nitrogens with zero attached hydrogens (tertiary/aromatic N) is 1. The molecular weight excluding hydrogens is 290 g/mol. The van der Waals surface area contributed by atoms with E-state index in [1.807, 2.05) is 17.5 Å². The molecule has 0 fully saturated rings. The van der Waals surface area contributed by atoms with Gasteiger partial charge in [-0.1, -0.05) is 50.2 Å². The van der Waals surface area contributed by atoms with Gasteiger partial charge in [-0.2, -0.15) is 0 Å². The SMILES string of the molecule is CCN(C(C=O)CC(=O)CCC(C)(CC)CC)S(C)=S. The molecule has 0 saturated heterocycles. The molecule has 0 aromatic heterocycles. The monoisotopic (exact) mass is 319 g/mol. The van der Waals surface area contributed by atoms with Crippen molar-refractivity contribution in [2.24, 2.45) is 5.41 Å². The van der Waals surface area contributed by atoms with Crippen LogP contribution >= 0.6 is 0 Å². The maximum Gasteiger partial charge on any atom is 0.138 e. The molecule has 0 saturated carbocycles. The van der Waals surface area contributed by atoms with Crippen molar-refractivity contribution in [1.82, 2.24) is 4.31 Å². The molecule has 118 valence electrons. The van der Waals surface area contributed by atoms with E-state index in [1.54, 1.807) is 0 Å². The van der Waals surface area contributed by atoms with Crippen molar-refractivity contribution in [2.45, 2.75) is 65.8 Å². The maximum absolute atomic E-state index is 12.1. The van der Waals surface area contributed by atoms with Crippen LogP contribution in [0.3, 0.4) is 0 Å². The number of ketones is 1. The summed E-state index contributed by atoms with van der Waals surface area (Å²) in [4.78, 5) is 23.3. The van der Waals surface area contributed by atoms with E-state index in [0.29, 0.717) is 19.4 Å². The quantitative estimate of drug-likeness (QED) is 0.549. The molecule has 0 amide bonds. The first kappa shape index (κ1) is 19.9. The Morgan fingerprint density at radius 3 is 2.25 bits per heavy atom. The molecule has 3 nitrogen and oxygen atoms in total. The average Bonchev–Trinajstić information content (AvgIpc) is 2.44.